The average molecular weight is 140 g/mol. The van der Waals surface area contributed by atoms with Gasteiger partial charge in [-0.15, -0.1) is 0 Å². The highest BCUT2D eigenvalue weighted by Crippen LogP contribution is 1.15. The summed E-state index contributed by atoms with van der Waals surface area (Å²) in [6.07, 6.45) is 0. The SMILES string of the molecule is C.C.CC.CC.CC.[3H]C. The van der Waals surface area contributed by atoms with Crippen LogP contribution in [0.4, 0.5) is 0 Å². The molecule has 0 N–H and O–H groups in total. The third-order valence-electron chi connectivity index (χ3n) is 0. The Balaban J connectivity index is -0.00000000500. The summed E-state index contributed by atoms with van der Waals surface area (Å²) in [6, 6.07) is 0. The Hall–Kier alpha value is 0. The third-order valence-corrected chi connectivity index (χ3v) is 0. The summed E-state index contributed by atoms with van der Waals surface area (Å²) in [7, 11) is 1.25. The number of rotatable bonds is 0. The Bertz CT molecular complexity index is 4.69. The molecule has 0 aliphatic carbocycles. The van der Waals surface area contributed by atoms with Crippen LogP contribution in [0.1, 0.15) is 65.2 Å². The van der Waals surface area contributed by atoms with E-state index in [2.05, 4.69) is 0 Å². The fraction of sp³-hybridized carbons (Fsp3) is 1.00. The molecule has 0 aromatic heterocycles. The fourth-order valence-corrected chi connectivity index (χ4v) is 0. The number of hydrogen-bond donors (Lipinski definition) is 0. The lowest BCUT2D eigenvalue weighted by molar-refractivity contribution is 1.50. The normalized spacial score (nSPS) is 2.78. The van der Waals surface area contributed by atoms with E-state index in [0.29, 0.717) is 0 Å². The van der Waals surface area contributed by atoms with E-state index in [-0.39, 0.29) is 14.9 Å². The summed E-state index contributed by atoms with van der Waals surface area (Å²) in [5, 5.41) is 0. The molecule has 0 fully saturated rings. The Kier molecular flexibility index (Phi) is 0. The predicted octanol–water partition coefficient (Wildman–Crippen LogP) is 4.99. The second kappa shape index (κ2) is 0. The maximum Gasteiger partial charge on any atom is 0.0194 e. The standard InChI is InChI=1S/3C2H6.3CH4/c3*1-2;;;/h3*1-2H3;3*1H4/i;;;1T;;. The Morgan fingerprint density at radius 2 is 0.556 bits per heavy atom. The van der Waals surface area contributed by atoms with Crippen molar-refractivity contribution in [3.8, 4) is 0 Å². The first kappa shape index (κ1) is 36.0. The summed E-state index contributed by atoms with van der Waals surface area (Å²) < 4.78 is 5.75. The van der Waals surface area contributed by atoms with E-state index in [9.17, 15) is 0 Å². The number of hydrogen-bond acceptors (Lipinski definition) is 0. The summed E-state index contributed by atoms with van der Waals surface area (Å²) in [6.45, 7) is 12.0. The molecule has 0 saturated carbocycles. The molecule has 0 unspecified atom stereocenters. The highest BCUT2D eigenvalue weighted by Gasteiger charge is 0.936. The van der Waals surface area contributed by atoms with Gasteiger partial charge in [0.05, 0.1) is 0 Å². The van der Waals surface area contributed by atoms with Crippen LogP contribution in [-0.2, 0) is 0 Å². The van der Waals surface area contributed by atoms with Crippen LogP contribution in [0.5, 0.6) is 0 Å². The van der Waals surface area contributed by atoms with Crippen LogP contribution in [0.25, 0.3) is 0 Å². The maximum atomic E-state index is 5.75. The van der Waals surface area contributed by atoms with Gasteiger partial charge in [0.1, 0.15) is 0 Å². The van der Waals surface area contributed by atoms with Crippen LogP contribution in [0, 0.1) is 0 Å². The zero-order valence-corrected chi connectivity index (χ0v) is 7.00. The molecule has 0 radical (unpaired) electrons. The van der Waals surface area contributed by atoms with Crippen molar-refractivity contribution < 1.29 is 1.37 Å². The molecule has 0 aromatic carbocycles. The van der Waals surface area contributed by atoms with E-state index in [0.717, 1.165) is 0 Å². The Morgan fingerprint density at radius 1 is 0.556 bits per heavy atom. The lowest BCUT2D eigenvalue weighted by Gasteiger charge is -1.07. The summed E-state index contributed by atoms with van der Waals surface area (Å²) >= 11 is 0. The van der Waals surface area contributed by atoms with E-state index in [4.69, 9.17) is 1.37 Å². The van der Waals surface area contributed by atoms with Crippen LogP contribution in [0.15, 0.2) is 0 Å². The quantitative estimate of drug-likeness (QED) is 0.445. The second-order valence-electron chi connectivity index (χ2n) is 0. The van der Waals surface area contributed by atoms with Crippen molar-refractivity contribution in [2.24, 2.45) is 0 Å². The van der Waals surface area contributed by atoms with Crippen molar-refractivity contribution in [2.75, 3.05) is 0 Å². The van der Waals surface area contributed by atoms with Crippen LogP contribution in [-0.4, -0.2) is 0 Å². The van der Waals surface area contributed by atoms with Gasteiger partial charge < -0.3 is 0 Å². The molecule has 0 heterocycles. The molecule has 0 atom stereocenters. The summed E-state index contributed by atoms with van der Waals surface area (Å²) in [5.41, 5.74) is 0. The molecule has 0 nitrogen and oxygen atoms in total. The monoisotopic (exact) mass is 140 g/mol. The highest BCUT2D eigenvalue weighted by molar-refractivity contribution is 3.51. The van der Waals surface area contributed by atoms with E-state index in [1.54, 1.807) is 0 Å². The molecule has 0 spiro atoms. The lowest BCUT2D eigenvalue weighted by atomic mass is 11.0. The van der Waals surface area contributed by atoms with Gasteiger partial charge in [-0.1, -0.05) is 63.8 Å². The maximum absolute atomic E-state index is 5.75. The first-order valence-electron chi connectivity index (χ1n) is 4.00. The van der Waals surface area contributed by atoms with E-state index in [1.165, 1.54) is 7.40 Å². The smallest absolute Gasteiger partial charge is 0.0194 e. The van der Waals surface area contributed by atoms with Crippen LogP contribution >= 0.6 is 0 Å². The molecule has 0 rings (SSSR count). The molecule has 0 amide bonds. The molecule has 0 bridgehead atoms. The molecule has 0 aliphatic heterocycles. The van der Waals surface area contributed by atoms with Gasteiger partial charge in [0.25, 0.3) is 0 Å². The van der Waals surface area contributed by atoms with Crippen molar-refractivity contribution >= 4 is 0 Å². The van der Waals surface area contributed by atoms with E-state index >= 15 is 0 Å². The lowest BCUT2D eigenvalue weighted by Crippen LogP contribution is -0.856. The molecule has 0 saturated heterocycles. The van der Waals surface area contributed by atoms with Crippen molar-refractivity contribution in [3.63, 3.8) is 0 Å². The van der Waals surface area contributed by atoms with Gasteiger partial charge in [0.15, 0.2) is 0 Å². The molecule has 66 valence electrons. The van der Waals surface area contributed by atoms with E-state index < -0.39 is 0 Å². The first-order valence-corrected chi connectivity index (χ1v) is 3.00. The molecular formula is C9H30. The van der Waals surface area contributed by atoms with Crippen molar-refractivity contribution in [3.05, 3.63) is 0 Å². The zero-order valence-electron chi connectivity index (χ0n) is 8.00. The average Bonchev–Trinajstić information content (AvgIpc) is 2.03. The molecular weight excluding hydrogens is 108 g/mol. The van der Waals surface area contributed by atoms with Crippen LogP contribution in [0.2, 0.25) is 0 Å². The first-order chi connectivity index (χ1) is 4.00. The largest absolute Gasteiger partial charge is 0.0776 e. The van der Waals surface area contributed by atoms with Gasteiger partial charge >= 0.3 is 0 Å². The van der Waals surface area contributed by atoms with Gasteiger partial charge in [-0.25, -0.2) is 0 Å². The van der Waals surface area contributed by atoms with E-state index in [1.807, 2.05) is 41.5 Å². The zero-order chi connectivity index (χ0) is 8.00. The van der Waals surface area contributed by atoms with Gasteiger partial charge in [-0.05, 0) is 0 Å². The highest BCUT2D eigenvalue weighted by atomic mass is 13.0. The van der Waals surface area contributed by atoms with Gasteiger partial charge in [0.2, 0.25) is 0 Å². The molecule has 0 aliphatic rings. The van der Waals surface area contributed by atoms with Crippen LogP contribution in [0.3, 0.4) is 0 Å². The second-order valence-corrected chi connectivity index (χ2v) is 0. The predicted molar refractivity (Wildman–Crippen MR) is 54.2 cm³/mol. The Morgan fingerprint density at radius 3 is 0.556 bits per heavy atom. The minimum Gasteiger partial charge on any atom is -0.0776 e. The summed E-state index contributed by atoms with van der Waals surface area (Å²) in [4.78, 5) is 0. The molecule has 0 aromatic rings. The third kappa shape index (κ3) is 0. The minimum atomic E-state index is 0. The molecule has 0 heteroatoms. The van der Waals surface area contributed by atoms with Gasteiger partial charge in [0, 0.05) is 1.37 Å². The Labute approximate surface area is 66.1 Å². The van der Waals surface area contributed by atoms with Gasteiger partial charge in [-0.2, -0.15) is 0 Å². The minimum absolute atomic E-state index is 0. The van der Waals surface area contributed by atoms with Gasteiger partial charge in [-0.3, -0.25) is 0 Å². The van der Waals surface area contributed by atoms with Crippen molar-refractivity contribution in [1.29, 1.82) is 0 Å². The fourth-order valence-electron chi connectivity index (χ4n) is 0. The van der Waals surface area contributed by atoms with Crippen molar-refractivity contribution in [2.45, 2.75) is 63.8 Å². The van der Waals surface area contributed by atoms with Crippen LogP contribution < -0.4 is 0 Å². The van der Waals surface area contributed by atoms with Crippen molar-refractivity contribution in [1.82, 2.24) is 0 Å². The molecule has 9 heavy (non-hydrogen) atoms. The summed E-state index contributed by atoms with van der Waals surface area (Å²) in [5.74, 6) is 0. The topological polar surface area (TPSA) is 0 Å².